The Kier molecular flexibility index (Phi) is 6.04. The minimum absolute atomic E-state index is 0.0317. The average molecular weight is 448 g/mol. The molecule has 0 radical (unpaired) electrons. The number of carbonyl (C=O) groups is 1. The molecule has 32 heavy (non-hydrogen) atoms. The molecule has 0 aliphatic carbocycles. The van der Waals surface area contributed by atoms with Gasteiger partial charge in [0.2, 0.25) is 0 Å². The fourth-order valence-corrected chi connectivity index (χ4v) is 5.13. The Morgan fingerprint density at radius 3 is 2.62 bits per heavy atom. The number of benzene rings is 1. The highest BCUT2D eigenvalue weighted by molar-refractivity contribution is 7.15. The Hall–Kier alpha value is -3.15. The van der Waals surface area contributed by atoms with Crippen LogP contribution in [0.5, 0.6) is 0 Å². The lowest BCUT2D eigenvalue weighted by atomic mass is 9.98. The molecule has 1 aliphatic heterocycles. The molecule has 164 valence electrons. The fourth-order valence-electron chi connectivity index (χ4n) is 3.91. The van der Waals surface area contributed by atoms with Gasteiger partial charge in [0.1, 0.15) is 22.7 Å². The summed E-state index contributed by atoms with van der Waals surface area (Å²) < 4.78 is 2.02. The first-order chi connectivity index (χ1) is 15.3. The number of carbonyl (C=O) groups excluding carboxylic acids is 1. The van der Waals surface area contributed by atoms with Gasteiger partial charge >= 0.3 is 0 Å². The number of hydrogen-bond acceptors (Lipinski definition) is 7. The van der Waals surface area contributed by atoms with Crippen LogP contribution < -0.4 is 0 Å². The lowest BCUT2D eigenvalue weighted by molar-refractivity contribution is -0.120. The molecule has 2 aromatic heterocycles. The van der Waals surface area contributed by atoms with Crippen molar-refractivity contribution in [2.24, 2.45) is 4.99 Å². The van der Waals surface area contributed by atoms with Crippen LogP contribution in [0.15, 0.2) is 29.3 Å². The summed E-state index contributed by atoms with van der Waals surface area (Å²) in [5.41, 5.74) is 4.42. The summed E-state index contributed by atoms with van der Waals surface area (Å²) in [5, 5.41) is 28.5. The van der Waals surface area contributed by atoms with Gasteiger partial charge in [-0.05, 0) is 51.8 Å². The Labute approximate surface area is 191 Å². The van der Waals surface area contributed by atoms with E-state index in [0.717, 1.165) is 33.2 Å². The molecule has 1 aliphatic rings. The summed E-state index contributed by atoms with van der Waals surface area (Å²) in [6.07, 6.45) is 0.393. The van der Waals surface area contributed by atoms with E-state index in [-0.39, 0.29) is 12.2 Å². The van der Waals surface area contributed by atoms with Crippen LogP contribution in [0.2, 0.25) is 0 Å². The number of fused-ring (bicyclic) bond motifs is 3. The van der Waals surface area contributed by atoms with Crippen LogP contribution in [0, 0.1) is 32.1 Å². The Balaban J connectivity index is 1.87. The van der Waals surface area contributed by atoms with Crippen molar-refractivity contribution in [2.45, 2.75) is 59.1 Å². The zero-order valence-corrected chi connectivity index (χ0v) is 19.4. The van der Waals surface area contributed by atoms with Gasteiger partial charge in [-0.3, -0.25) is 14.4 Å². The van der Waals surface area contributed by atoms with Crippen LogP contribution in [-0.4, -0.2) is 37.5 Å². The maximum Gasteiger partial charge on any atom is 0.163 e. The number of hydrogen-bond donors (Lipinski definition) is 1. The number of aliphatic imine (C=N–C) groups is 1. The van der Waals surface area contributed by atoms with Gasteiger partial charge in [0.15, 0.2) is 5.82 Å². The third kappa shape index (κ3) is 4.01. The number of aryl methyl sites for hydroxylation is 2. The van der Waals surface area contributed by atoms with Crippen LogP contribution >= 0.6 is 11.3 Å². The maximum atomic E-state index is 12.7. The van der Waals surface area contributed by atoms with Gasteiger partial charge in [-0.15, -0.1) is 21.5 Å². The van der Waals surface area contributed by atoms with Crippen LogP contribution in [0.3, 0.4) is 0 Å². The van der Waals surface area contributed by atoms with Crippen molar-refractivity contribution in [3.8, 4) is 11.1 Å². The highest BCUT2D eigenvalue weighted by atomic mass is 32.1. The van der Waals surface area contributed by atoms with E-state index in [4.69, 9.17) is 4.99 Å². The molecule has 0 spiro atoms. The van der Waals surface area contributed by atoms with Crippen LogP contribution in [0.1, 0.15) is 71.0 Å². The monoisotopic (exact) mass is 447 g/mol. The number of ketones is 1. The van der Waals surface area contributed by atoms with E-state index in [1.807, 2.05) is 23.6 Å². The van der Waals surface area contributed by atoms with Crippen LogP contribution in [0.4, 0.5) is 0 Å². The molecular formula is C24H25N5O2S. The standard InChI is InChI=1S/C24H25N5O2S/c1-13(30)5-10-19(31)11-20-23-28-27-16(4)29(23)24-21(14(2)15(3)32-24)22(26-20)18-8-6-17(12-25)7-9-18/h6-9,13,20,30H,5,10-11H2,1-4H3/t13-,20+/m1/s1. The molecule has 1 N–H and O–H groups in total. The summed E-state index contributed by atoms with van der Waals surface area (Å²) in [6, 6.07) is 9.04. The van der Waals surface area contributed by atoms with Gasteiger partial charge in [-0.25, -0.2) is 0 Å². The zero-order chi connectivity index (χ0) is 23.0. The number of Topliss-reactive ketones (excluding diaryl/α,β-unsaturated/α-hetero) is 1. The first-order valence-corrected chi connectivity index (χ1v) is 11.4. The first kappa shape index (κ1) is 22.1. The van der Waals surface area contributed by atoms with Gasteiger partial charge < -0.3 is 5.11 Å². The molecule has 7 nitrogen and oxygen atoms in total. The molecule has 0 unspecified atom stereocenters. The van der Waals surface area contributed by atoms with E-state index in [2.05, 4.69) is 30.1 Å². The smallest absolute Gasteiger partial charge is 0.163 e. The van der Waals surface area contributed by atoms with Crippen molar-refractivity contribution in [1.82, 2.24) is 14.8 Å². The average Bonchev–Trinajstić information content (AvgIpc) is 3.24. The summed E-state index contributed by atoms with van der Waals surface area (Å²) >= 11 is 1.66. The van der Waals surface area contributed by atoms with Gasteiger partial charge in [0.25, 0.3) is 0 Å². The summed E-state index contributed by atoms with van der Waals surface area (Å²) in [4.78, 5) is 19.0. The molecule has 0 saturated heterocycles. The lowest BCUT2D eigenvalue weighted by Gasteiger charge is -2.12. The zero-order valence-electron chi connectivity index (χ0n) is 18.6. The minimum atomic E-state index is -0.519. The third-order valence-electron chi connectivity index (χ3n) is 5.79. The second kappa shape index (κ2) is 8.77. The normalized spacial score (nSPS) is 15.9. The predicted octanol–water partition coefficient (Wildman–Crippen LogP) is 4.14. The SMILES string of the molecule is Cc1sc2c(c1C)C(c1ccc(C#N)cc1)=N[C@@H](CC(=O)CC[C@@H](C)O)c1nnc(C)n1-2. The van der Waals surface area contributed by atoms with E-state index in [0.29, 0.717) is 24.2 Å². The lowest BCUT2D eigenvalue weighted by Crippen LogP contribution is -2.12. The quantitative estimate of drug-likeness (QED) is 0.612. The molecule has 0 bridgehead atoms. The van der Waals surface area contributed by atoms with Gasteiger partial charge in [0, 0.05) is 28.8 Å². The third-order valence-corrected chi connectivity index (χ3v) is 6.98. The number of rotatable bonds is 6. The molecule has 3 heterocycles. The summed E-state index contributed by atoms with van der Waals surface area (Å²) in [5.74, 6) is 1.43. The number of aromatic nitrogens is 3. The number of thiophene rings is 1. The number of aliphatic hydroxyl groups excluding tert-OH is 1. The first-order valence-electron chi connectivity index (χ1n) is 10.6. The van der Waals surface area contributed by atoms with Crippen molar-refractivity contribution < 1.29 is 9.90 Å². The molecule has 8 heteroatoms. The van der Waals surface area contributed by atoms with E-state index >= 15 is 0 Å². The molecule has 3 aromatic rings. The highest BCUT2D eigenvalue weighted by Crippen LogP contribution is 2.39. The predicted molar refractivity (Wildman–Crippen MR) is 124 cm³/mol. The molecule has 0 saturated carbocycles. The van der Waals surface area contributed by atoms with E-state index in [9.17, 15) is 15.2 Å². The summed E-state index contributed by atoms with van der Waals surface area (Å²) in [6.45, 7) is 7.76. The van der Waals surface area contributed by atoms with Crippen LogP contribution in [-0.2, 0) is 4.79 Å². The van der Waals surface area contributed by atoms with Crippen molar-refractivity contribution in [3.05, 3.63) is 63.0 Å². The van der Waals surface area contributed by atoms with Crippen molar-refractivity contribution in [3.63, 3.8) is 0 Å². The molecule has 4 rings (SSSR count). The van der Waals surface area contributed by atoms with Gasteiger partial charge in [-0.1, -0.05) is 12.1 Å². The molecule has 0 amide bonds. The number of aliphatic hydroxyl groups is 1. The second-order valence-electron chi connectivity index (χ2n) is 8.22. The largest absolute Gasteiger partial charge is 0.393 e. The Morgan fingerprint density at radius 2 is 1.97 bits per heavy atom. The molecule has 2 atom stereocenters. The fraction of sp³-hybridized carbons (Fsp3) is 0.375. The van der Waals surface area contributed by atoms with Crippen molar-refractivity contribution >= 4 is 22.8 Å². The Morgan fingerprint density at radius 1 is 1.25 bits per heavy atom. The van der Waals surface area contributed by atoms with Crippen molar-refractivity contribution in [2.75, 3.05) is 0 Å². The molecular weight excluding hydrogens is 422 g/mol. The van der Waals surface area contributed by atoms with E-state index in [1.165, 1.54) is 4.88 Å². The van der Waals surface area contributed by atoms with Crippen LogP contribution in [0.25, 0.3) is 5.00 Å². The maximum absolute atomic E-state index is 12.7. The number of nitrogens with zero attached hydrogens (tertiary/aromatic N) is 5. The molecule has 0 fully saturated rings. The number of nitriles is 1. The topological polar surface area (TPSA) is 104 Å². The van der Waals surface area contributed by atoms with Gasteiger partial charge in [-0.2, -0.15) is 5.26 Å². The second-order valence-corrected chi connectivity index (χ2v) is 9.42. The van der Waals surface area contributed by atoms with Gasteiger partial charge in [0.05, 0.1) is 23.4 Å². The van der Waals surface area contributed by atoms with Crippen molar-refractivity contribution in [1.29, 1.82) is 5.26 Å². The highest BCUT2D eigenvalue weighted by Gasteiger charge is 2.32. The molecule has 1 aromatic carbocycles. The van der Waals surface area contributed by atoms with E-state index < -0.39 is 12.1 Å². The minimum Gasteiger partial charge on any atom is -0.393 e. The summed E-state index contributed by atoms with van der Waals surface area (Å²) in [7, 11) is 0. The Bertz CT molecular complexity index is 1240. The van der Waals surface area contributed by atoms with E-state index in [1.54, 1.807) is 30.4 Å².